The number of phenols is 1. The van der Waals surface area contributed by atoms with Crippen LogP contribution in [0.25, 0.3) is 0 Å². The second-order valence-corrected chi connectivity index (χ2v) is 10.4. The molecule has 2 aromatic carbocycles. The molecule has 31 heavy (non-hydrogen) atoms. The Morgan fingerprint density at radius 2 is 1.90 bits per heavy atom. The lowest BCUT2D eigenvalue weighted by Gasteiger charge is -2.64. The largest absolute Gasteiger partial charge is 0.504 e. The molecule has 2 unspecified atom stereocenters. The van der Waals surface area contributed by atoms with Crippen LogP contribution in [-0.2, 0) is 11.8 Å². The zero-order chi connectivity index (χ0) is 20.8. The van der Waals surface area contributed by atoms with Crippen LogP contribution in [-0.4, -0.2) is 52.0 Å². The highest BCUT2D eigenvalue weighted by Crippen LogP contribution is 2.65. The normalized spacial score (nSPS) is 37.8. The molecule has 5 aliphatic rings. The first-order valence-corrected chi connectivity index (χ1v) is 11.9. The van der Waals surface area contributed by atoms with E-state index in [9.17, 15) is 10.2 Å². The van der Waals surface area contributed by atoms with Gasteiger partial charge in [-0.3, -0.25) is 4.90 Å². The third kappa shape index (κ3) is 2.34. The van der Waals surface area contributed by atoms with Gasteiger partial charge < -0.3 is 20.3 Å². The number of nitrogens with zero attached hydrogens (tertiary/aromatic N) is 1. The average Bonchev–Trinajstić information content (AvgIpc) is 3.51. The van der Waals surface area contributed by atoms with E-state index in [1.165, 1.54) is 18.4 Å². The van der Waals surface area contributed by atoms with Crippen LogP contribution in [0.3, 0.4) is 0 Å². The molecule has 7 rings (SSSR count). The Balaban J connectivity index is 1.35. The standard InChI is InChI=1S/C26H30N2O3/c29-20-9-8-17-14-21-26(30)11-10-19(27-18-4-2-1-3-5-18)24-25(26,22(17)23(20)31-24)12-13-28(21)15-16-6-7-16/h1-5,8-9,16,19,21,24,27,29-30H,6-7,10-15H2/t19?,21-,24+,25?,26-/m1/s1. The summed E-state index contributed by atoms with van der Waals surface area (Å²) in [6, 6.07) is 14.4. The van der Waals surface area contributed by atoms with Gasteiger partial charge in [0.15, 0.2) is 11.5 Å². The average molecular weight is 419 g/mol. The highest BCUT2D eigenvalue weighted by atomic mass is 16.5. The summed E-state index contributed by atoms with van der Waals surface area (Å²) in [6.45, 7) is 2.11. The molecular weight excluding hydrogens is 388 g/mol. The number of nitrogens with one attached hydrogen (secondary N) is 1. The summed E-state index contributed by atoms with van der Waals surface area (Å²) in [6.07, 6.45) is 5.83. The number of phenolic OH excluding ortho intramolecular Hbond substituents is 1. The number of aliphatic hydroxyl groups is 1. The van der Waals surface area contributed by atoms with E-state index < -0.39 is 11.0 Å². The second-order valence-electron chi connectivity index (χ2n) is 10.4. The van der Waals surface area contributed by atoms with Crippen molar-refractivity contribution in [1.82, 2.24) is 4.90 Å². The van der Waals surface area contributed by atoms with Crippen molar-refractivity contribution in [2.45, 2.75) is 67.7 Å². The van der Waals surface area contributed by atoms with Crippen molar-refractivity contribution >= 4 is 5.69 Å². The van der Waals surface area contributed by atoms with Crippen molar-refractivity contribution in [3.05, 3.63) is 53.6 Å². The van der Waals surface area contributed by atoms with Gasteiger partial charge in [-0.2, -0.15) is 0 Å². The molecule has 5 atom stereocenters. The molecule has 2 heterocycles. The molecule has 2 bridgehead atoms. The van der Waals surface area contributed by atoms with Crippen LogP contribution < -0.4 is 10.1 Å². The highest BCUT2D eigenvalue weighted by Gasteiger charge is 2.73. The Labute approximate surface area is 183 Å². The maximum absolute atomic E-state index is 12.5. The van der Waals surface area contributed by atoms with E-state index in [4.69, 9.17) is 4.74 Å². The van der Waals surface area contributed by atoms with Gasteiger partial charge in [-0.05, 0) is 74.8 Å². The highest BCUT2D eigenvalue weighted by molar-refractivity contribution is 5.63. The smallest absolute Gasteiger partial charge is 0.165 e. The molecule has 0 aromatic heterocycles. The number of hydrogen-bond donors (Lipinski definition) is 3. The van der Waals surface area contributed by atoms with Gasteiger partial charge in [-0.25, -0.2) is 0 Å². The SMILES string of the molecule is Oc1ccc2c3c1O[C@H]1C(Nc4ccccc4)CC[C@@]4(O)[C@@H](C2)N(CC2CC2)CCC314. The molecule has 3 aliphatic carbocycles. The Morgan fingerprint density at radius 1 is 1.06 bits per heavy atom. The van der Waals surface area contributed by atoms with Crippen molar-refractivity contribution in [2.24, 2.45) is 5.92 Å². The topological polar surface area (TPSA) is 65.0 Å². The van der Waals surface area contributed by atoms with Gasteiger partial charge in [0.1, 0.15) is 6.10 Å². The minimum absolute atomic E-state index is 0.0936. The number of likely N-dealkylation sites (tertiary alicyclic amines) is 1. The molecule has 0 amide bonds. The fraction of sp³-hybridized carbons (Fsp3) is 0.538. The van der Waals surface area contributed by atoms with Crippen LogP contribution in [0.5, 0.6) is 11.5 Å². The van der Waals surface area contributed by atoms with Crippen molar-refractivity contribution < 1.29 is 14.9 Å². The summed E-state index contributed by atoms with van der Waals surface area (Å²) in [5.41, 5.74) is 2.17. The first-order chi connectivity index (χ1) is 15.1. The van der Waals surface area contributed by atoms with Gasteiger partial charge in [-0.15, -0.1) is 0 Å². The lowest BCUT2D eigenvalue weighted by Crippen LogP contribution is -2.77. The number of aromatic hydroxyl groups is 1. The van der Waals surface area contributed by atoms with Gasteiger partial charge in [0.25, 0.3) is 0 Å². The third-order valence-corrected chi connectivity index (χ3v) is 8.89. The monoisotopic (exact) mass is 418 g/mol. The number of para-hydroxylation sites is 1. The molecule has 2 aliphatic heterocycles. The van der Waals surface area contributed by atoms with Crippen LogP contribution in [0.1, 0.15) is 43.2 Å². The first-order valence-electron chi connectivity index (χ1n) is 11.9. The maximum atomic E-state index is 12.5. The molecule has 1 spiro atoms. The van der Waals surface area contributed by atoms with Crippen molar-refractivity contribution in [3.63, 3.8) is 0 Å². The molecule has 2 aromatic rings. The van der Waals surface area contributed by atoms with Crippen molar-refractivity contribution in [1.29, 1.82) is 0 Å². The Morgan fingerprint density at radius 3 is 2.71 bits per heavy atom. The van der Waals surface area contributed by atoms with E-state index in [1.807, 2.05) is 18.2 Å². The summed E-state index contributed by atoms with van der Waals surface area (Å²) in [5.74, 6) is 1.64. The molecule has 5 heteroatoms. The predicted molar refractivity (Wildman–Crippen MR) is 119 cm³/mol. The summed E-state index contributed by atoms with van der Waals surface area (Å²) < 4.78 is 6.60. The predicted octanol–water partition coefficient (Wildman–Crippen LogP) is 3.44. The van der Waals surface area contributed by atoms with E-state index in [0.717, 1.165) is 55.9 Å². The Bertz CT molecular complexity index is 1040. The van der Waals surface area contributed by atoms with Crippen molar-refractivity contribution in [2.75, 3.05) is 18.4 Å². The van der Waals surface area contributed by atoms with Gasteiger partial charge in [0, 0.05) is 23.8 Å². The molecule has 3 N–H and O–H groups in total. The number of rotatable bonds is 4. The van der Waals surface area contributed by atoms with Crippen LogP contribution >= 0.6 is 0 Å². The number of hydrogen-bond acceptors (Lipinski definition) is 5. The molecule has 5 nitrogen and oxygen atoms in total. The maximum Gasteiger partial charge on any atom is 0.165 e. The number of anilines is 1. The summed E-state index contributed by atoms with van der Waals surface area (Å²) in [7, 11) is 0. The molecule has 162 valence electrons. The molecule has 0 radical (unpaired) electrons. The first kappa shape index (κ1) is 18.3. The molecule has 3 fully saturated rings. The van der Waals surface area contributed by atoms with E-state index in [0.29, 0.717) is 5.75 Å². The molecule has 2 saturated carbocycles. The van der Waals surface area contributed by atoms with Crippen LogP contribution in [0.4, 0.5) is 5.69 Å². The zero-order valence-corrected chi connectivity index (χ0v) is 17.8. The van der Waals surface area contributed by atoms with Crippen molar-refractivity contribution in [3.8, 4) is 11.5 Å². The third-order valence-electron chi connectivity index (χ3n) is 8.89. The van der Waals surface area contributed by atoms with E-state index in [-0.39, 0.29) is 23.9 Å². The summed E-state index contributed by atoms with van der Waals surface area (Å²) in [4.78, 5) is 2.58. The van der Waals surface area contributed by atoms with E-state index in [1.54, 1.807) is 6.07 Å². The Kier molecular flexibility index (Phi) is 3.65. The molecule has 1 saturated heterocycles. The summed E-state index contributed by atoms with van der Waals surface area (Å²) in [5, 5.41) is 26.9. The second kappa shape index (κ2) is 6.17. The fourth-order valence-electron chi connectivity index (χ4n) is 7.38. The Hall–Kier alpha value is -2.24. The lowest BCUT2D eigenvalue weighted by atomic mass is 9.48. The van der Waals surface area contributed by atoms with Crippen LogP contribution in [0.2, 0.25) is 0 Å². The lowest BCUT2D eigenvalue weighted by molar-refractivity contribution is -0.187. The molecular formula is C26H30N2O3. The van der Waals surface area contributed by atoms with E-state index in [2.05, 4.69) is 28.4 Å². The minimum Gasteiger partial charge on any atom is -0.504 e. The van der Waals surface area contributed by atoms with Gasteiger partial charge >= 0.3 is 0 Å². The fourth-order valence-corrected chi connectivity index (χ4v) is 7.38. The van der Waals surface area contributed by atoms with Gasteiger partial charge in [0.05, 0.1) is 17.1 Å². The van der Waals surface area contributed by atoms with Crippen LogP contribution in [0, 0.1) is 5.92 Å². The van der Waals surface area contributed by atoms with Gasteiger partial charge in [-0.1, -0.05) is 24.3 Å². The van der Waals surface area contributed by atoms with E-state index >= 15 is 0 Å². The zero-order valence-electron chi connectivity index (χ0n) is 17.8. The number of piperidine rings is 1. The minimum atomic E-state index is -0.814. The van der Waals surface area contributed by atoms with Gasteiger partial charge in [0.2, 0.25) is 0 Å². The number of ether oxygens (including phenoxy) is 1. The van der Waals surface area contributed by atoms with Crippen LogP contribution in [0.15, 0.2) is 42.5 Å². The number of benzene rings is 2. The summed E-state index contributed by atoms with van der Waals surface area (Å²) >= 11 is 0. The quantitative estimate of drug-likeness (QED) is 0.710.